The van der Waals surface area contributed by atoms with Gasteiger partial charge in [0.05, 0.1) is 4.88 Å². The maximum Gasteiger partial charge on any atom is 0.433 e. The summed E-state index contributed by atoms with van der Waals surface area (Å²) >= 11 is 1.47. The van der Waals surface area contributed by atoms with Gasteiger partial charge in [-0.2, -0.15) is 13.2 Å². The zero-order valence-electron chi connectivity index (χ0n) is 18.4. The summed E-state index contributed by atoms with van der Waals surface area (Å²) < 4.78 is 41.2. The second kappa shape index (κ2) is 8.80. The molecule has 1 aromatic carbocycles. The Morgan fingerprint density at radius 2 is 2.00 bits per heavy atom. The fourth-order valence-corrected chi connectivity index (χ4v) is 5.56. The number of anilines is 1. The molecule has 2 aromatic heterocycles. The Hall–Kier alpha value is -3.31. The number of carbonyl (C=O) groups excluding carboxylic acids is 1. The van der Waals surface area contributed by atoms with Crippen molar-refractivity contribution >= 4 is 44.8 Å². The second-order valence-electron chi connectivity index (χ2n) is 8.75. The van der Waals surface area contributed by atoms with Crippen molar-refractivity contribution < 1.29 is 18.0 Å². The average molecular weight is 482 g/mol. The number of carbonyl (C=O) groups is 1. The number of halogens is 3. The Labute approximate surface area is 198 Å². The first-order valence-corrected chi connectivity index (χ1v) is 12.0. The Balaban J connectivity index is 1.32. The number of nitrogens with one attached hydrogen (secondary N) is 2. The van der Waals surface area contributed by atoms with Crippen molar-refractivity contribution in [3.8, 4) is 0 Å². The van der Waals surface area contributed by atoms with Crippen molar-refractivity contribution in [3.05, 3.63) is 68.8 Å². The van der Waals surface area contributed by atoms with E-state index < -0.39 is 11.9 Å². The van der Waals surface area contributed by atoms with Gasteiger partial charge in [0.25, 0.3) is 5.91 Å². The number of hydrogen-bond acceptors (Lipinski definition) is 4. The van der Waals surface area contributed by atoms with Crippen LogP contribution in [0.4, 0.5) is 18.9 Å². The molecule has 0 aliphatic heterocycles. The lowest BCUT2D eigenvalue weighted by Crippen LogP contribution is -2.43. The number of aromatic nitrogens is 1. The van der Waals surface area contributed by atoms with Crippen LogP contribution in [0.2, 0.25) is 0 Å². The van der Waals surface area contributed by atoms with Crippen LogP contribution < -0.4 is 21.2 Å². The molecule has 2 heterocycles. The van der Waals surface area contributed by atoms with E-state index in [2.05, 4.69) is 33.1 Å². The third kappa shape index (κ3) is 4.66. The predicted molar refractivity (Wildman–Crippen MR) is 128 cm³/mol. The minimum atomic E-state index is -4.56. The first-order valence-electron chi connectivity index (χ1n) is 11.1. The lowest BCUT2D eigenvalue weighted by molar-refractivity contribution is -0.141. The van der Waals surface area contributed by atoms with E-state index in [9.17, 15) is 18.0 Å². The Morgan fingerprint density at radius 1 is 1.18 bits per heavy atom. The third-order valence-electron chi connectivity index (χ3n) is 6.14. The Morgan fingerprint density at radius 3 is 2.82 bits per heavy atom. The number of thiophene rings is 1. The molecular weight excluding hydrogens is 459 g/mol. The molecule has 2 aliphatic rings. The number of pyridine rings is 1. The number of hydrogen-bond donors (Lipinski definition) is 2. The summed E-state index contributed by atoms with van der Waals surface area (Å²) in [5.41, 5.74) is 5.91. The van der Waals surface area contributed by atoms with Crippen LogP contribution in [0, 0.1) is 6.92 Å². The normalized spacial score (nSPS) is 19.3. The lowest BCUT2D eigenvalue weighted by Gasteiger charge is -2.31. The van der Waals surface area contributed by atoms with Crippen molar-refractivity contribution in [2.75, 3.05) is 5.32 Å². The molecule has 0 bridgehead atoms. The molecule has 0 spiro atoms. The number of rotatable bonds is 4. The van der Waals surface area contributed by atoms with Gasteiger partial charge in [0, 0.05) is 27.7 Å². The number of nitrogens with zero attached hydrogens (tertiary/aromatic N) is 1. The molecule has 1 amide bonds. The van der Waals surface area contributed by atoms with E-state index >= 15 is 0 Å². The lowest BCUT2D eigenvalue weighted by atomic mass is 9.90. The third-order valence-corrected chi connectivity index (χ3v) is 7.24. The van der Waals surface area contributed by atoms with Gasteiger partial charge in [-0.1, -0.05) is 17.9 Å². The van der Waals surface area contributed by atoms with Crippen LogP contribution in [0.3, 0.4) is 0 Å². The second-order valence-corrected chi connectivity index (χ2v) is 9.83. The highest BCUT2D eigenvalue weighted by Crippen LogP contribution is 2.29. The number of benzene rings is 1. The van der Waals surface area contributed by atoms with E-state index in [-0.39, 0.29) is 23.3 Å². The smallest absolute Gasteiger partial charge is 0.382 e. The van der Waals surface area contributed by atoms with Gasteiger partial charge in [-0.15, -0.1) is 11.3 Å². The molecule has 0 saturated heterocycles. The van der Waals surface area contributed by atoms with Crippen molar-refractivity contribution in [2.24, 2.45) is 0 Å². The zero-order valence-corrected chi connectivity index (χ0v) is 19.2. The van der Waals surface area contributed by atoms with E-state index in [1.165, 1.54) is 11.3 Å². The molecule has 1 fully saturated rings. The molecule has 1 saturated carbocycles. The van der Waals surface area contributed by atoms with Gasteiger partial charge >= 0.3 is 6.18 Å². The molecular formula is C26H22F3N3OS. The standard InChI is InChI=1S/C26H22F3N3OS/c1-15-9-10-16-12-23(34-22(16)11-15)25(33)31-18-6-4-5-17(13-18)30-21-14-24(26(27,28)29)32-20-8-3-2-7-19(20)21/h2,7,9-12,14,17-18H,4-6,13H2,1H3,(H,30,32)(H,31,33)/t17-,18+/m0/s1. The van der Waals surface area contributed by atoms with Gasteiger partial charge in [0.15, 0.2) is 0 Å². The average Bonchev–Trinajstić information content (AvgIpc) is 3.22. The summed E-state index contributed by atoms with van der Waals surface area (Å²) in [6.07, 6.45) is 1.88. The quantitative estimate of drug-likeness (QED) is 0.533. The van der Waals surface area contributed by atoms with Gasteiger partial charge < -0.3 is 10.6 Å². The van der Waals surface area contributed by atoms with Crippen LogP contribution in [0.25, 0.3) is 21.9 Å². The minimum Gasteiger partial charge on any atom is -0.382 e. The molecule has 174 valence electrons. The van der Waals surface area contributed by atoms with Crippen molar-refractivity contribution in [1.29, 1.82) is 0 Å². The molecule has 8 heteroatoms. The highest BCUT2D eigenvalue weighted by Gasteiger charge is 2.33. The summed E-state index contributed by atoms with van der Waals surface area (Å²) in [7, 11) is 0. The fraction of sp³-hybridized carbons (Fsp3) is 0.308. The number of allylic oxidation sites excluding steroid dienone is 1. The number of amides is 1. The molecule has 2 aliphatic carbocycles. The van der Waals surface area contributed by atoms with Gasteiger partial charge in [0.1, 0.15) is 11.0 Å². The molecule has 4 nitrogen and oxygen atoms in total. The van der Waals surface area contributed by atoms with Crippen LogP contribution >= 0.6 is 11.3 Å². The molecule has 3 aromatic rings. The van der Waals surface area contributed by atoms with E-state index in [0.29, 0.717) is 22.2 Å². The van der Waals surface area contributed by atoms with Crippen LogP contribution in [-0.2, 0) is 6.18 Å². The number of fused-ring (bicyclic) bond motifs is 2. The maximum atomic E-state index is 13.4. The van der Waals surface area contributed by atoms with E-state index in [1.807, 2.05) is 25.1 Å². The Bertz CT molecular complexity index is 1480. The van der Waals surface area contributed by atoms with Gasteiger partial charge in [-0.3, -0.25) is 4.79 Å². The predicted octanol–water partition coefficient (Wildman–Crippen LogP) is 4.66. The van der Waals surface area contributed by atoms with E-state index in [0.717, 1.165) is 41.0 Å². The summed E-state index contributed by atoms with van der Waals surface area (Å²) in [6, 6.07) is 8.94. The number of alkyl halides is 3. The largest absolute Gasteiger partial charge is 0.433 e. The van der Waals surface area contributed by atoms with Crippen LogP contribution in [0.5, 0.6) is 0 Å². The van der Waals surface area contributed by atoms with E-state index in [1.54, 1.807) is 12.2 Å². The fourth-order valence-electron chi connectivity index (χ4n) is 4.50. The minimum absolute atomic E-state index is 0.0548. The van der Waals surface area contributed by atoms with Crippen LogP contribution in [0.15, 0.2) is 42.1 Å². The first-order chi connectivity index (χ1) is 16.3. The molecule has 5 rings (SSSR count). The monoisotopic (exact) mass is 481 g/mol. The zero-order chi connectivity index (χ0) is 23.9. The summed E-state index contributed by atoms with van der Waals surface area (Å²) in [4.78, 5) is 17.3. The highest BCUT2D eigenvalue weighted by molar-refractivity contribution is 7.20. The molecule has 2 atom stereocenters. The van der Waals surface area contributed by atoms with Crippen molar-refractivity contribution in [3.63, 3.8) is 0 Å². The summed E-state index contributed by atoms with van der Waals surface area (Å²) in [5, 5.41) is 8.15. The van der Waals surface area contributed by atoms with Gasteiger partial charge in [-0.05, 0) is 79.6 Å². The maximum absolute atomic E-state index is 13.4. The molecule has 34 heavy (non-hydrogen) atoms. The van der Waals surface area contributed by atoms with E-state index in [4.69, 9.17) is 0 Å². The summed E-state index contributed by atoms with van der Waals surface area (Å²) in [5.74, 6) is -0.108. The van der Waals surface area contributed by atoms with Crippen LogP contribution in [0.1, 0.15) is 46.6 Å². The number of aryl methyl sites for hydroxylation is 1. The first kappa shape index (κ1) is 22.5. The van der Waals surface area contributed by atoms with Crippen molar-refractivity contribution in [2.45, 2.75) is 50.9 Å². The molecule has 2 N–H and O–H groups in total. The molecule has 0 radical (unpaired) electrons. The Kier molecular flexibility index (Phi) is 5.82. The van der Waals surface area contributed by atoms with Crippen LogP contribution in [-0.4, -0.2) is 23.0 Å². The molecule has 0 unspecified atom stereocenters. The van der Waals surface area contributed by atoms with Gasteiger partial charge in [0.2, 0.25) is 0 Å². The highest BCUT2D eigenvalue weighted by atomic mass is 32.1. The van der Waals surface area contributed by atoms with Gasteiger partial charge in [-0.25, -0.2) is 4.98 Å². The topological polar surface area (TPSA) is 54.0 Å². The SMILES string of the molecule is Cc1ccc2cc(C(=O)N[C@@H]3CCC[C@H](Nc4cc(C(F)(F)F)nc5c4=CC=C=C=5)C3)sc2c1. The summed E-state index contributed by atoms with van der Waals surface area (Å²) in [6.45, 7) is 2.02. The van der Waals surface area contributed by atoms with Crippen molar-refractivity contribution in [1.82, 2.24) is 10.3 Å².